The van der Waals surface area contributed by atoms with Gasteiger partial charge in [0.1, 0.15) is 16.8 Å². The number of aryl methyl sites for hydroxylation is 1. The number of anilines is 1. The van der Waals surface area contributed by atoms with E-state index in [1.54, 1.807) is 43.5 Å². The zero-order valence-electron chi connectivity index (χ0n) is 16.6. The van der Waals surface area contributed by atoms with Gasteiger partial charge in [-0.25, -0.2) is 9.07 Å². The fraction of sp³-hybridized carbons (Fsp3) is 0.286. The van der Waals surface area contributed by atoms with Crippen LogP contribution in [0.1, 0.15) is 30.8 Å². The van der Waals surface area contributed by atoms with Gasteiger partial charge in [0.25, 0.3) is 0 Å². The molecule has 2 unspecified atom stereocenters. The largest absolute Gasteiger partial charge is 0.497 e. The average molecular weight is 428 g/mol. The number of methoxy groups -OCH3 is 1. The highest BCUT2D eigenvalue weighted by Crippen LogP contribution is 2.37. The first kappa shape index (κ1) is 20.2. The van der Waals surface area contributed by atoms with Gasteiger partial charge in [0.15, 0.2) is 5.82 Å². The number of fused-ring (bicyclic) bond motifs is 1. The number of hydrogen-bond donors (Lipinski definition) is 2. The summed E-state index contributed by atoms with van der Waals surface area (Å²) in [6.45, 7) is 2.07. The van der Waals surface area contributed by atoms with Gasteiger partial charge in [-0.05, 0) is 48.4 Å². The number of rotatable bonds is 6. The van der Waals surface area contributed by atoms with Crippen LogP contribution < -0.4 is 15.5 Å². The lowest BCUT2D eigenvalue weighted by Crippen LogP contribution is -2.41. The zero-order valence-corrected chi connectivity index (χ0v) is 17.4. The molecule has 0 saturated heterocycles. The molecule has 0 radical (unpaired) electrons. The lowest BCUT2D eigenvalue weighted by atomic mass is 10.0. The van der Waals surface area contributed by atoms with Crippen molar-refractivity contribution in [2.45, 2.75) is 36.2 Å². The van der Waals surface area contributed by atoms with Crippen molar-refractivity contribution in [1.82, 2.24) is 14.9 Å². The van der Waals surface area contributed by atoms with E-state index < -0.39 is 5.25 Å². The fourth-order valence-electron chi connectivity index (χ4n) is 3.29. The van der Waals surface area contributed by atoms with E-state index in [4.69, 9.17) is 4.74 Å². The maximum atomic E-state index is 13.5. The third-order valence-corrected chi connectivity index (χ3v) is 6.04. The predicted molar refractivity (Wildman–Crippen MR) is 114 cm³/mol. The molecule has 2 N–H and O–H groups in total. The third kappa shape index (κ3) is 4.11. The van der Waals surface area contributed by atoms with Crippen LogP contribution >= 0.6 is 11.8 Å². The molecule has 2 atom stereocenters. The number of amides is 1. The number of aromatic nitrogens is 3. The molecule has 0 aliphatic carbocycles. The van der Waals surface area contributed by atoms with E-state index in [1.807, 2.05) is 4.68 Å². The Morgan fingerprint density at radius 1 is 1.20 bits per heavy atom. The Bertz CT molecular complexity index is 1020. The van der Waals surface area contributed by atoms with Crippen LogP contribution in [-0.2, 0) is 11.2 Å². The number of halogens is 1. The van der Waals surface area contributed by atoms with Crippen LogP contribution in [0.2, 0.25) is 0 Å². The van der Waals surface area contributed by atoms with E-state index in [1.165, 1.54) is 23.9 Å². The minimum atomic E-state index is -0.524. The highest BCUT2D eigenvalue weighted by atomic mass is 32.2. The number of benzene rings is 2. The normalized spacial score (nSPS) is 17.7. The standard InChI is InChI=1S/C21H22FN5O2S/c1-3-4-17-24-25-21-27(17)26-18(13-5-7-14(22)8-6-13)19(30-21)20(28)23-15-9-11-16(29-2)12-10-15/h5-12,18-19,26H,3-4H2,1-2H3,(H,23,28). The fourth-order valence-corrected chi connectivity index (χ4v) is 4.39. The van der Waals surface area contributed by atoms with Crippen molar-refractivity contribution in [1.29, 1.82) is 0 Å². The van der Waals surface area contributed by atoms with Gasteiger partial charge in [-0.1, -0.05) is 30.8 Å². The molecule has 0 fully saturated rings. The highest BCUT2D eigenvalue weighted by Gasteiger charge is 2.37. The second kappa shape index (κ2) is 8.74. The molecular weight excluding hydrogens is 405 g/mol. The van der Waals surface area contributed by atoms with Crippen molar-refractivity contribution in [2.24, 2.45) is 0 Å². The van der Waals surface area contributed by atoms with Crippen molar-refractivity contribution in [2.75, 3.05) is 17.9 Å². The molecule has 0 bridgehead atoms. The summed E-state index contributed by atoms with van der Waals surface area (Å²) >= 11 is 1.34. The molecular formula is C21H22FN5O2S. The summed E-state index contributed by atoms with van der Waals surface area (Å²) in [5.74, 6) is 1.01. The summed E-state index contributed by atoms with van der Waals surface area (Å²) in [5.41, 5.74) is 4.84. The van der Waals surface area contributed by atoms with Gasteiger partial charge in [-0.2, -0.15) is 0 Å². The van der Waals surface area contributed by atoms with Crippen molar-refractivity contribution in [3.63, 3.8) is 0 Å². The molecule has 3 aromatic rings. The maximum Gasteiger partial charge on any atom is 0.240 e. The van der Waals surface area contributed by atoms with Crippen LogP contribution in [0.5, 0.6) is 5.75 Å². The van der Waals surface area contributed by atoms with Crippen LogP contribution in [0.4, 0.5) is 10.1 Å². The maximum absolute atomic E-state index is 13.5. The number of nitrogens with one attached hydrogen (secondary N) is 2. The molecule has 4 rings (SSSR count). The van der Waals surface area contributed by atoms with Gasteiger partial charge in [0, 0.05) is 12.1 Å². The SMILES string of the molecule is CCCc1nnc2n1NC(c1ccc(F)cc1)C(C(=O)Nc1ccc(OC)cc1)S2. The molecule has 2 aromatic carbocycles. The minimum absolute atomic E-state index is 0.182. The lowest BCUT2D eigenvalue weighted by molar-refractivity contribution is -0.116. The Morgan fingerprint density at radius 2 is 1.93 bits per heavy atom. The predicted octanol–water partition coefficient (Wildman–Crippen LogP) is 3.78. The molecule has 1 aliphatic heterocycles. The van der Waals surface area contributed by atoms with Crippen LogP contribution in [0, 0.1) is 5.82 Å². The molecule has 0 saturated carbocycles. The van der Waals surface area contributed by atoms with Crippen molar-refractivity contribution in [3.8, 4) is 5.75 Å². The summed E-state index contributed by atoms with van der Waals surface area (Å²) in [5, 5.41) is 11.5. The molecule has 1 aliphatic rings. The van der Waals surface area contributed by atoms with E-state index in [9.17, 15) is 9.18 Å². The summed E-state index contributed by atoms with van der Waals surface area (Å²) in [6.07, 6.45) is 1.69. The number of carbonyl (C=O) groups is 1. The lowest BCUT2D eigenvalue weighted by Gasteiger charge is -2.33. The van der Waals surface area contributed by atoms with Crippen LogP contribution in [0.3, 0.4) is 0 Å². The van der Waals surface area contributed by atoms with Gasteiger partial charge in [0.2, 0.25) is 11.1 Å². The number of thioether (sulfide) groups is 1. The van der Waals surface area contributed by atoms with E-state index >= 15 is 0 Å². The second-order valence-electron chi connectivity index (χ2n) is 6.90. The number of carbonyl (C=O) groups excluding carboxylic acids is 1. The van der Waals surface area contributed by atoms with E-state index in [0.29, 0.717) is 16.6 Å². The topological polar surface area (TPSA) is 81.1 Å². The van der Waals surface area contributed by atoms with E-state index in [0.717, 1.165) is 24.2 Å². The van der Waals surface area contributed by atoms with Crippen molar-refractivity contribution >= 4 is 23.4 Å². The third-order valence-electron chi connectivity index (χ3n) is 4.82. The van der Waals surface area contributed by atoms with Crippen molar-refractivity contribution < 1.29 is 13.9 Å². The number of ether oxygens (including phenoxy) is 1. The zero-order chi connectivity index (χ0) is 21.1. The Morgan fingerprint density at radius 3 is 2.60 bits per heavy atom. The Kier molecular flexibility index (Phi) is 5.89. The first-order valence-corrected chi connectivity index (χ1v) is 10.5. The Hall–Kier alpha value is -3.07. The van der Waals surface area contributed by atoms with Gasteiger partial charge in [-0.15, -0.1) is 10.2 Å². The molecule has 7 nitrogen and oxygen atoms in total. The minimum Gasteiger partial charge on any atom is -0.497 e. The summed E-state index contributed by atoms with van der Waals surface area (Å²) in [6, 6.07) is 12.9. The van der Waals surface area contributed by atoms with Gasteiger partial charge >= 0.3 is 0 Å². The van der Waals surface area contributed by atoms with E-state index in [-0.39, 0.29) is 17.8 Å². The van der Waals surface area contributed by atoms with Gasteiger partial charge in [0.05, 0.1) is 13.2 Å². The summed E-state index contributed by atoms with van der Waals surface area (Å²) < 4.78 is 20.5. The summed E-state index contributed by atoms with van der Waals surface area (Å²) in [7, 11) is 1.59. The van der Waals surface area contributed by atoms with Crippen molar-refractivity contribution in [3.05, 3.63) is 65.7 Å². The number of nitrogens with zero attached hydrogens (tertiary/aromatic N) is 3. The second-order valence-corrected chi connectivity index (χ2v) is 8.01. The molecule has 2 heterocycles. The van der Waals surface area contributed by atoms with E-state index in [2.05, 4.69) is 27.9 Å². The average Bonchev–Trinajstić information content (AvgIpc) is 3.16. The smallest absolute Gasteiger partial charge is 0.240 e. The molecule has 9 heteroatoms. The Balaban J connectivity index is 1.63. The molecule has 156 valence electrons. The Labute approximate surface area is 178 Å². The van der Waals surface area contributed by atoms with Crippen LogP contribution in [-0.4, -0.2) is 33.1 Å². The monoisotopic (exact) mass is 427 g/mol. The first-order valence-electron chi connectivity index (χ1n) is 9.67. The van der Waals surface area contributed by atoms with Gasteiger partial charge < -0.3 is 15.5 Å². The first-order chi connectivity index (χ1) is 14.6. The number of hydrogen-bond acceptors (Lipinski definition) is 6. The molecule has 1 aromatic heterocycles. The van der Waals surface area contributed by atoms with Gasteiger partial charge in [-0.3, -0.25) is 4.79 Å². The quantitative estimate of drug-likeness (QED) is 0.623. The molecule has 0 spiro atoms. The van der Waals surface area contributed by atoms with Crippen LogP contribution in [0.15, 0.2) is 53.7 Å². The van der Waals surface area contributed by atoms with Crippen LogP contribution in [0.25, 0.3) is 0 Å². The molecule has 30 heavy (non-hydrogen) atoms. The highest BCUT2D eigenvalue weighted by molar-refractivity contribution is 8.00. The summed E-state index contributed by atoms with van der Waals surface area (Å²) in [4.78, 5) is 13.2. The molecule has 1 amide bonds.